The Morgan fingerprint density at radius 2 is 1.87 bits per heavy atom. The monoisotopic (exact) mass is 421 g/mol. The maximum absolute atomic E-state index is 6.19. The number of fused-ring (bicyclic) bond motifs is 1. The molecule has 0 spiro atoms. The predicted octanol–water partition coefficient (Wildman–Crippen LogP) is 4.80. The van der Waals surface area contributed by atoms with Crippen molar-refractivity contribution in [1.29, 1.82) is 0 Å². The van der Waals surface area contributed by atoms with Crippen LogP contribution in [0, 0.1) is 0 Å². The Hall–Kier alpha value is -3.19. The van der Waals surface area contributed by atoms with E-state index in [-0.39, 0.29) is 11.3 Å². The van der Waals surface area contributed by atoms with Gasteiger partial charge in [0.25, 0.3) is 0 Å². The van der Waals surface area contributed by atoms with Gasteiger partial charge in [0.1, 0.15) is 5.82 Å². The predicted molar refractivity (Wildman–Crippen MR) is 122 cm³/mol. The van der Waals surface area contributed by atoms with Gasteiger partial charge in [0, 0.05) is 38.4 Å². The number of nitrogens with one attached hydrogen (secondary N) is 1. The highest BCUT2D eigenvalue weighted by Crippen LogP contribution is 2.27. The van der Waals surface area contributed by atoms with Crippen molar-refractivity contribution in [2.24, 2.45) is 0 Å². The minimum Gasteiger partial charge on any atom is -0.364 e. The van der Waals surface area contributed by atoms with Gasteiger partial charge in [-0.3, -0.25) is 0 Å². The normalized spacial score (nSPS) is 11.3. The molecule has 0 fully saturated rings. The molecule has 30 heavy (non-hydrogen) atoms. The number of benzene rings is 1. The number of hydrogen-bond donors (Lipinski definition) is 1. The second kappa shape index (κ2) is 8.28. The van der Waals surface area contributed by atoms with Crippen LogP contribution in [-0.4, -0.2) is 38.6 Å². The summed E-state index contributed by atoms with van der Waals surface area (Å²) in [7, 11) is 3.96. The number of pyridine rings is 1. The summed E-state index contributed by atoms with van der Waals surface area (Å²) in [5, 5.41) is 3.60. The molecular formula is C22H24ClN7. The molecule has 1 aromatic carbocycles. The highest BCUT2D eigenvalue weighted by molar-refractivity contribution is 6.28. The quantitative estimate of drug-likeness (QED) is 0.451. The van der Waals surface area contributed by atoms with E-state index in [9.17, 15) is 0 Å². The van der Waals surface area contributed by atoms with Crippen molar-refractivity contribution in [1.82, 2.24) is 24.5 Å². The molecule has 0 unspecified atom stereocenters. The molecule has 0 aliphatic rings. The van der Waals surface area contributed by atoms with Crippen LogP contribution in [0.3, 0.4) is 0 Å². The average Bonchev–Trinajstić information content (AvgIpc) is 3.16. The van der Waals surface area contributed by atoms with E-state index in [1.54, 1.807) is 6.33 Å². The topological polar surface area (TPSA) is 71.8 Å². The van der Waals surface area contributed by atoms with E-state index in [2.05, 4.69) is 57.3 Å². The fourth-order valence-electron chi connectivity index (χ4n) is 3.34. The smallest absolute Gasteiger partial charge is 0.226 e. The van der Waals surface area contributed by atoms with Crippen LogP contribution in [-0.2, 0) is 6.54 Å². The second-order valence-corrected chi connectivity index (χ2v) is 7.91. The molecular weight excluding hydrogens is 398 g/mol. The lowest BCUT2D eigenvalue weighted by Gasteiger charge is -2.14. The van der Waals surface area contributed by atoms with Crippen LogP contribution in [0.15, 0.2) is 48.9 Å². The summed E-state index contributed by atoms with van der Waals surface area (Å²) in [5.74, 6) is 1.55. The molecule has 0 saturated heterocycles. The van der Waals surface area contributed by atoms with E-state index in [4.69, 9.17) is 11.6 Å². The molecule has 0 radical (unpaired) electrons. The van der Waals surface area contributed by atoms with E-state index in [0.29, 0.717) is 17.9 Å². The van der Waals surface area contributed by atoms with Crippen molar-refractivity contribution in [3.8, 4) is 11.1 Å². The highest BCUT2D eigenvalue weighted by atomic mass is 35.5. The first kappa shape index (κ1) is 20.1. The Labute approximate surface area is 180 Å². The summed E-state index contributed by atoms with van der Waals surface area (Å²) in [6, 6.07) is 12.6. The largest absolute Gasteiger partial charge is 0.364 e. The number of imidazole rings is 1. The molecule has 1 N–H and O–H groups in total. The van der Waals surface area contributed by atoms with Gasteiger partial charge in [0.05, 0.1) is 6.33 Å². The molecule has 3 heterocycles. The maximum atomic E-state index is 6.19. The summed E-state index contributed by atoms with van der Waals surface area (Å²) in [4.78, 5) is 19.8. The van der Waals surface area contributed by atoms with Crippen molar-refractivity contribution in [3.63, 3.8) is 0 Å². The maximum Gasteiger partial charge on any atom is 0.226 e. The van der Waals surface area contributed by atoms with E-state index in [0.717, 1.165) is 28.2 Å². The van der Waals surface area contributed by atoms with Gasteiger partial charge in [0.15, 0.2) is 17.0 Å². The Morgan fingerprint density at radius 1 is 1.07 bits per heavy atom. The van der Waals surface area contributed by atoms with E-state index >= 15 is 0 Å². The zero-order valence-corrected chi connectivity index (χ0v) is 18.2. The van der Waals surface area contributed by atoms with Crippen molar-refractivity contribution < 1.29 is 0 Å². The molecule has 7 nitrogen and oxygen atoms in total. The zero-order valence-electron chi connectivity index (χ0n) is 17.5. The third kappa shape index (κ3) is 3.93. The van der Waals surface area contributed by atoms with Crippen LogP contribution in [0.5, 0.6) is 0 Å². The van der Waals surface area contributed by atoms with Crippen LogP contribution >= 0.6 is 11.6 Å². The summed E-state index contributed by atoms with van der Waals surface area (Å²) in [6.07, 6.45) is 3.68. The summed E-state index contributed by atoms with van der Waals surface area (Å²) in [5.41, 5.74) is 4.75. The number of hydrogen-bond acceptors (Lipinski definition) is 6. The van der Waals surface area contributed by atoms with Crippen LogP contribution in [0.4, 0.5) is 11.6 Å². The van der Waals surface area contributed by atoms with Crippen molar-refractivity contribution in [2.45, 2.75) is 26.4 Å². The molecule has 0 aliphatic heterocycles. The van der Waals surface area contributed by atoms with E-state index in [1.807, 2.05) is 48.0 Å². The van der Waals surface area contributed by atoms with Crippen LogP contribution in [0.25, 0.3) is 22.3 Å². The standard InChI is InChI=1S/C22H24ClN7/c1-14(2)30-13-26-19-20(27-22(23)28-21(19)30)25-12-15-7-5-6-8-17(15)16-9-10-18(24-11-16)29(3)4/h5-11,13-14H,12H2,1-4H3,(H,25,27,28). The lowest BCUT2D eigenvalue weighted by Crippen LogP contribution is -2.10. The number of nitrogens with zero attached hydrogens (tertiary/aromatic N) is 6. The molecule has 0 atom stereocenters. The van der Waals surface area contributed by atoms with Crippen molar-refractivity contribution >= 4 is 34.4 Å². The molecule has 4 aromatic rings. The molecule has 4 rings (SSSR count). The van der Waals surface area contributed by atoms with Crippen LogP contribution in [0.1, 0.15) is 25.5 Å². The number of anilines is 2. The van der Waals surface area contributed by atoms with Crippen molar-refractivity contribution in [3.05, 3.63) is 59.8 Å². The first-order valence-electron chi connectivity index (χ1n) is 9.79. The third-order valence-electron chi connectivity index (χ3n) is 4.93. The molecule has 8 heteroatoms. The Morgan fingerprint density at radius 3 is 2.57 bits per heavy atom. The second-order valence-electron chi connectivity index (χ2n) is 7.57. The van der Waals surface area contributed by atoms with Crippen LogP contribution < -0.4 is 10.2 Å². The SMILES string of the molecule is CC(C)n1cnc2c(NCc3ccccc3-c3ccc(N(C)C)nc3)nc(Cl)nc21. The minimum absolute atomic E-state index is 0.198. The van der Waals surface area contributed by atoms with Crippen LogP contribution in [0.2, 0.25) is 5.28 Å². The highest BCUT2D eigenvalue weighted by Gasteiger charge is 2.15. The Kier molecular flexibility index (Phi) is 5.55. The average molecular weight is 422 g/mol. The van der Waals surface area contributed by atoms with Gasteiger partial charge in [-0.15, -0.1) is 0 Å². The van der Waals surface area contributed by atoms with Gasteiger partial charge in [-0.1, -0.05) is 24.3 Å². The molecule has 0 aliphatic carbocycles. The van der Waals surface area contributed by atoms with Gasteiger partial charge in [0.2, 0.25) is 5.28 Å². The van der Waals surface area contributed by atoms with Gasteiger partial charge in [-0.05, 0) is 48.7 Å². The fourth-order valence-corrected chi connectivity index (χ4v) is 3.50. The van der Waals surface area contributed by atoms with Gasteiger partial charge < -0.3 is 14.8 Å². The summed E-state index contributed by atoms with van der Waals surface area (Å²) < 4.78 is 1.99. The van der Waals surface area contributed by atoms with E-state index in [1.165, 1.54) is 0 Å². The number of halogens is 1. The fraction of sp³-hybridized carbons (Fsp3) is 0.273. The molecule has 3 aromatic heterocycles. The molecule has 0 amide bonds. The number of rotatable bonds is 6. The minimum atomic E-state index is 0.198. The van der Waals surface area contributed by atoms with Crippen molar-refractivity contribution in [2.75, 3.05) is 24.3 Å². The Bertz CT molecular complexity index is 1170. The first-order chi connectivity index (χ1) is 14.4. The molecule has 0 bridgehead atoms. The summed E-state index contributed by atoms with van der Waals surface area (Å²) in [6.45, 7) is 4.73. The first-order valence-corrected chi connectivity index (χ1v) is 10.2. The lowest BCUT2D eigenvalue weighted by molar-refractivity contribution is 0.612. The summed E-state index contributed by atoms with van der Waals surface area (Å²) >= 11 is 6.19. The third-order valence-corrected chi connectivity index (χ3v) is 5.10. The van der Waals surface area contributed by atoms with Gasteiger partial charge in [-0.25, -0.2) is 9.97 Å². The molecule has 154 valence electrons. The number of aromatic nitrogens is 5. The Balaban J connectivity index is 1.64. The van der Waals surface area contributed by atoms with Gasteiger partial charge >= 0.3 is 0 Å². The lowest BCUT2D eigenvalue weighted by atomic mass is 10.0. The van der Waals surface area contributed by atoms with Gasteiger partial charge in [-0.2, -0.15) is 9.97 Å². The molecule has 0 saturated carbocycles. The zero-order chi connectivity index (χ0) is 21.3. The van der Waals surface area contributed by atoms with E-state index < -0.39 is 0 Å².